The number of hydrogen-bond donors (Lipinski definition) is 3. The molecule has 1 amide bonds. The lowest BCUT2D eigenvalue weighted by molar-refractivity contribution is -0.122. The van der Waals surface area contributed by atoms with Gasteiger partial charge in [-0.25, -0.2) is 0 Å². The van der Waals surface area contributed by atoms with Crippen LogP contribution in [-0.2, 0) is 11.3 Å². The van der Waals surface area contributed by atoms with Gasteiger partial charge in [0.2, 0.25) is 5.91 Å². The van der Waals surface area contributed by atoms with Gasteiger partial charge < -0.3 is 16.2 Å². The van der Waals surface area contributed by atoms with E-state index < -0.39 is 0 Å². The summed E-state index contributed by atoms with van der Waals surface area (Å²) in [6, 6.07) is 5.71. The lowest BCUT2D eigenvalue weighted by Crippen LogP contribution is -2.36. The summed E-state index contributed by atoms with van der Waals surface area (Å²) < 4.78 is 0. The molecule has 0 saturated heterocycles. The minimum atomic E-state index is -0.189. The third-order valence-corrected chi connectivity index (χ3v) is 4.09. The summed E-state index contributed by atoms with van der Waals surface area (Å²) in [5.41, 5.74) is 6.10. The summed E-state index contributed by atoms with van der Waals surface area (Å²) in [5.74, 6) is -0.0222. The van der Waals surface area contributed by atoms with Gasteiger partial charge in [-0.3, -0.25) is 4.79 Å². The zero-order valence-corrected chi connectivity index (χ0v) is 11.5. The van der Waals surface area contributed by atoms with Crippen LogP contribution in [0.25, 0.3) is 0 Å². The molecule has 104 valence electrons. The minimum absolute atomic E-state index is 0.0256. The molecule has 1 aliphatic carbocycles. The van der Waals surface area contributed by atoms with Crippen molar-refractivity contribution >= 4 is 17.5 Å². The maximum Gasteiger partial charge on any atom is 0.220 e. The molecule has 1 aromatic carbocycles. The second-order valence-electron chi connectivity index (χ2n) is 5.08. The van der Waals surface area contributed by atoms with E-state index >= 15 is 0 Å². The fourth-order valence-electron chi connectivity index (χ4n) is 2.54. The second-order valence-corrected chi connectivity index (χ2v) is 5.49. The van der Waals surface area contributed by atoms with Crippen molar-refractivity contribution in [2.24, 2.45) is 11.7 Å². The molecule has 0 unspecified atom stereocenters. The molecule has 0 aromatic heterocycles. The van der Waals surface area contributed by atoms with Crippen molar-refractivity contribution in [3.05, 3.63) is 28.8 Å². The number of carbonyl (C=O) groups is 1. The number of halogens is 1. The van der Waals surface area contributed by atoms with E-state index in [1.54, 1.807) is 6.07 Å². The number of nitrogens with one attached hydrogen (secondary N) is 1. The fraction of sp³-hybridized carbons (Fsp3) is 0.500. The average Bonchev–Trinajstić information content (AvgIpc) is 2.41. The van der Waals surface area contributed by atoms with Gasteiger partial charge in [-0.2, -0.15) is 0 Å². The molecule has 1 saturated carbocycles. The second kappa shape index (κ2) is 6.26. The third-order valence-electron chi connectivity index (χ3n) is 3.78. The van der Waals surface area contributed by atoms with Gasteiger partial charge in [-0.05, 0) is 31.7 Å². The van der Waals surface area contributed by atoms with Crippen LogP contribution < -0.4 is 11.1 Å². The molecule has 4 N–H and O–H groups in total. The van der Waals surface area contributed by atoms with Gasteiger partial charge >= 0.3 is 0 Å². The maximum absolute atomic E-state index is 11.1. The van der Waals surface area contributed by atoms with Crippen molar-refractivity contribution in [3.63, 3.8) is 0 Å². The summed E-state index contributed by atoms with van der Waals surface area (Å²) in [5, 5.41) is 13.6. The zero-order chi connectivity index (χ0) is 13.8. The average molecular weight is 283 g/mol. The predicted octanol–water partition coefficient (Wildman–Crippen LogP) is 2.18. The van der Waals surface area contributed by atoms with Gasteiger partial charge in [0.15, 0.2) is 0 Å². The van der Waals surface area contributed by atoms with Gasteiger partial charge in [0.1, 0.15) is 5.75 Å². The molecule has 1 aliphatic rings. The first-order chi connectivity index (χ1) is 9.08. The number of nitrogens with two attached hydrogens (primary N) is 1. The van der Waals surface area contributed by atoms with Crippen molar-refractivity contribution < 1.29 is 9.90 Å². The Labute approximate surface area is 117 Å². The highest BCUT2D eigenvalue weighted by atomic mass is 35.5. The quantitative estimate of drug-likeness (QED) is 0.792. The Morgan fingerprint density at radius 3 is 2.68 bits per heavy atom. The SMILES string of the molecule is NC(=O)C1CCC(NCc2cccc(Cl)c2O)CC1. The Morgan fingerprint density at radius 2 is 2.05 bits per heavy atom. The Kier molecular flexibility index (Phi) is 4.66. The standard InChI is InChI=1S/C14H19ClN2O2/c15-12-3-1-2-10(13(12)18)8-17-11-6-4-9(5-7-11)14(16)19/h1-3,9,11,17-18H,4-8H2,(H2,16,19). The highest BCUT2D eigenvalue weighted by Gasteiger charge is 2.24. The van der Waals surface area contributed by atoms with Gasteiger partial charge in [0.25, 0.3) is 0 Å². The van der Waals surface area contributed by atoms with E-state index in [4.69, 9.17) is 17.3 Å². The molecule has 1 aromatic rings. The molecule has 1 fully saturated rings. The molecule has 0 aliphatic heterocycles. The highest BCUT2D eigenvalue weighted by Crippen LogP contribution is 2.28. The van der Waals surface area contributed by atoms with E-state index in [2.05, 4.69) is 5.32 Å². The molecule has 4 nitrogen and oxygen atoms in total. The van der Waals surface area contributed by atoms with E-state index in [9.17, 15) is 9.90 Å². The predicted molar refractivity (Wildman–Crippen MR) is 74.9 cm³/mol. The lowest BCUT2D eigenvalue weighted by Gasteiger charge is -2.27. The highest BCUT2D eigenvalue weighted by molar-refractivity contribution is 6.32. The number of phenolic OH excluding ortho intramolecular Hbond substituents is 1. The van der Waals surface area contributed by atoms with E-state index in [1.807, 2.05) is 12.1 Å². The maximum atomic E-state index is 11.1. The third kappa shape index (κ3) is 3.61. The van der Waals surface area contributed by atoms with Crippen LogP contribution in [0.15, 0.2) is 18.2 Å². The molecule has 5 heteroatoms. The van der Waals surface area contributed by atoms with E-state index in [0.717, 1.165) is 31.2 Å². The summed E-state index contributed by atoms with van der Waals surface area (Å²) in [6.07, 6.45) is 3.56. The van der Waals surface area contributed by atoms with E-state index in [1.165, 1.54) is 0 Å². The number of phenols is 1. The van der Waals surface area contributed by atoms with Crippen molar-refractivity contribution in [2.45, 2.75) is 38.3 Å². The molecule has 0 atom stereocenters. The normalized spacial score (nSPS) is 23.2. The largest absolute Gasteiger partial charge is 0.506 e. The number of primary amides is 1. The fourth-order valence-corrected chi connectivity index (χ4v) is 2.73. The lowest BCUT2D eigenvalue weighted by atomic mass is 9.85. The number of carbonyl (C=O) groups excluding carboxylic acids is 1. The molecule has 0 heterocycles. The molecule has 19 heavy (non-hydrogen) atoms. The molecular weight excluding hydrogens is 264 g/mol. The first-order valence-electron chi connectivity index (χ1n) is 6.57. The number of aromatic hydroxyl groups is 1. The smallest absolute Gasteiger partial charge is 0.220 e. The number of rotatable bonds is 4. The summed E-state index contributed by atoms with van der Waals surface area (Å²) >= 11 is 5.86. The van der Waals surface area contributed by atoms with Crippen molar-refractivity contribution in [1.82, 2.24) is 5.32 Å². The van der Waals surface area contributed by atoms with Crippen LogP contribution in [0, 0.1) is 5.92 Å². The molecule has 0 spiro atoms. The van der Waals surface area contributed by atoms with Crippen molar-refractivity contribution in [3.8, 4) is 5.75 Å². The number of amides is 1. The zero-order valence-electron chi connectivity index (χ0n) is 10.7. The summed E-state index contributed by atoms with van der Waals surface area (Å²) in [6.45, 7) is 0.582. The van der Waals surface area contributed by atoms with E-state index in [-0.39, 0.29) is 17.6 Å². The summed E-state index contributed by atoms with van der Waals surface area (Å²) in [7, 11) is 0. The molecule has 0 bridgehead atoms. The topological polar surface area (TPSA) is 75.4 Å². The van der Waals surface area contributed by atoms with Gasteiger partial charge in [0, 0.05) is 24.1 Å². The van der Waals surface area contributed by atoms with Crippen LogP contribution in [0.1, 0.15) is 31.2 Å². The first kappa shape index (κ1) is 14.2. The molecule has 2 rings (SSSR count). The van der Waals surface area contributed by atoms with Crippen LogP contribution in [0.4, 0.5) is 0 Å². The van der Waals surface area contributed by atoms with Crippen LogP contribution in [-0.4, -0.2) is 17.1 Å². The monoisotopic (exact) mass is 282 g/mol. The Bertz CT molecular complexity index is 457. The van der Waals surface area contributed by atoms with Crippen LogP contribution in [0.5, 0.6) is 5.75 Å². The van der Waals surface area contributed by atoms with Gasteiger partial charge in [0.05, 0.1) is 5.02 Å². The summed E-state index contributed by atoms with van der Waals surface area (Å²) in [4.78, 5) is 11.1. The molecular formula is C14H19ClN2O2. The van der Waals surface area contributed by atoms with Gasteiger partial charge in [-0.1, -0.05) is 23.7 Å². The first-order valence-corrected chi connectivity index (χ1v) is 6.94. The number of para-hydroxylation sites is 1. The van der Waals surface area contributed by atoms with E-state index in [0.29, 0.717) is 17.6 Å². The van der Waals surface area contributed by atoms with Crippen LogP contribution in [0.3, 0.4) is 0 Å². The Balaban J connectivity index is 1.84. The molecule has 0 radical (unpaired) electrons. The minimum Gasteiger partial charge on any atom is -0.506 e. The number of benzene rings is 1. The Hall–Kier alpha value is -1.26. The van der Waals surface area contributed by atoms with Crippen LogP contribution >= 0.6 is 11.6 Å². The Morgan fingerprint density at radius 1 is 1.37 bits per heavy atom. The number of hydrogen-bond acceptors (Lipinski definition) is 3. The van der Waals surface area contributed by atoms with Crippen LogP contribution in [0.2, 0.25) is 5.02 Å². The van der Waals surface area contributed by atoms with Crippen molar-refractivity contribution in [1.29, 1.82) is 0 Å². The van der Waals surface area contributed by atoms with Crippen molar-refractivity contribution in [2.75, 3.05) is 0 Å². The van der Waals surface area contributed by atoms with Gasteiger partial charge in [-0.15, -0.1) is 0 Å².